The van der Waals surface area contributed by atoms with Gasteiger partial charge in [0, 0.05) is 6.07 Å². The molecule has 0 saturated carbocycles. The Morgan fingerprint density at radius 3 is 2.75 bits per heavy atom. The number of carbonyl (C=O) groups excluding carboxylic acids is 1. The van der Waals surface area contributed by atoms with Crippen molar-refractivity contribution in [3.8, 4) is 5.75 Å². The Balaban J connectivity index is 3.29. The predicted octanol–water partition coefficient (Wildman–Crippen LogP) is 1.19. The molecule has 0 unspecified atom stereocenters. The first-order chi connectivity index (χ1) is 7.47. The molecule has 0 spiro atoms. The zero-order valence-corrected chi connectivity index (χ0v) is 8.29. The number of hydrogen-bond acceptors (Lipinski definition) is 4. The van der Waals surface area contributed by atoms with Gasteiger partial charge in [-0.25, -0.2) is 13.6 Å². The normalized spacial score (nSPS) is 10.5. The Morgan fingerprint density at radius 2 is 2.25 bits per heavy atom. The molecule has 2 N–H and O–H groups in total. The van der Waals surface area contributed by atoms with E-state index in [1.54, 1.807) is 4.98 Å². The van der Waals surface area contributed by atoms with Crippen LogP contribution in [0.2, 0.25) is 0 Å². The van der Waals surface area contributed by atoms with Gasteiger partial charge < -0.3 is 14.8 Å². The minimum absolute atomic E-state index is 0.00901. The zero-order valence-electron chi connectivity index (χ0n) is 8.29. The number of aromatic nitrogens is 1. The molecule has 7 heteroatoms. The van der Waals surface area contributed by atoms with Crippen LogP contribution in [-0.2, 0) is 4.74 Å². The number of aromatic hydroxyl groups is 1. The molecule has 0 aliphatic heterocycles. The van der Waals surface area contributed by atoms with Crippen LogP contribution >= 0.6 is 0 Å². The molecule has 0 fully saturated rings. The minimum atomic E-state index is -3.08. The van der Waals surface area contributed by atoms with Gasteiger partial charge in [-0.05, 0) is 6.92 Å². The van der Waals surface area contributed by atoms with Crippen molar-refractivity contribution < 1.29 is 23.4 Å². The summed E-state index contributed by atoms with van der Waals surface area (Å²) in [5, 5.41) is 9.33. The van der Waals surface area contributed by atoms with E-state index in [9.17, 15) is 23.5 Å². The van der Waals surface area contributed by atoms with Gasteiger partial charge in [0.15, 0.2) is 5.75 Å². The summed E-state index contributed by atoms with van der Waals surface area (Å²) in [5.41, 5.74) is -2.47. The van der Waals surface area contributed by atoms with E-state index >= 15 is 0 Å². The van der Waals surface area contributed by atoms with Crippen LogP contribution in [0.5, 0.6) is 5.75 Å². The highest BCUT2D eigenvalue weighted by Crippen LogP contribution is 2.28. The highest BCUT2D eigenvalue weighted by atomic mass is 19.3. The van der Waals surface area contributed by atoms with Gasteiger partial charge in [-0.1, -0.05) is 0 Å². The number of rotatable bonds is 3. The van der Waals surface area contributed by atoms with E-state index in [0.717, 1.165) is 0 Å². The van der Waals surface area contributed by atoms with Crippen LogP contribution in [0.3, 0.4) is 0 Å². The second kappa shape index (κ2) is 4.73. The Hall–Kier alpha value is -1.92. The van der Waals surface area contributed by atoms with Gasteiger partial charge in [0.1, 0.15) is 11.3 Å². The molecule has 0 aliphatic carbocycles. The fourth-order valence-corrected chi connectivity index (χ4v) is 1.09. The Labute approximate surface area is 88.7 Å². The number of alkyl halides is 2. The third-order valence-corrected chi connectivity index (χ3v) is 1.76. The van der Waals surface area contributed by atoms with Crippen LogP contribution < -0.4 is 5.56 Å². The molecule has 0 bridgehead atoms. The molecule has 0 aliphatic rings. The summed E-state index contributed by atoms with van der Waals surface area (Å²) >= 11 is 0. The molecule has 1 rings (SSSR count). The van der Waals surface area contributed by atoms with Crippen molar-refractivity contribution in [2.24, 2.45) is 0 Å². The summed E-state index contributed by atoms with van der Waals surface area (Å²) in [6.07, 6.45) is -3.08. The summed E-state index contributed by atoms with van der Waals surface area (Å²) in [7, 11) is 0. The number of halogens is 2. The molecule has 0 saturated heterocycles. The first-order valence-electron chi connectivity index (χ1n) is 4.38. The van der Waals surface area contributed by atoms with Crippen molar-refractivity contribution in [3.63, 3.8) is 0 Å². The van der Waals surface area contributed by atoms with E-state index in [1.165, 1.54) is 6.92 Å². The second-order valence-corrected chi connectivity index (χ2v) is 2.83. The first-order valence-corrected chi connectivity index (χ1v) is 4.38. The maximum atomic E-state index is 12.4. The molecule has 88 valence electrons. The fraction of sp³-hybridized carbons (Fsp3) is 0.333. The molecule has 0 radical (unpaired) electrons. The number of aromatic amines is 1. The SMILES string of the molecule is CCOC(=O)c1cc(=O)[nH]c(C(F)F)c1O. The number of pyridine rings is 1. The molecule has 0 atom stereocenters. The maximum Gasteiger partial charge on any atom is 0.342 e. The van der Waals surface area contributed by atoms with Gasteiger partial charge >= 0.3 is 5.97 Å². The molecule has 5 nitrogen and oxygen atoms in total. The van der Waals surface area contributed by atoms with Crippen molar-refractivity contribution in [2.75, 3.05) is 6.61 Å². The standard InChI is InChI=1S/C9H9F2NO4/c1-2-16-9(15)4-3-5(13)12-6(7(4)14)8(10)11/h3,8,14H,2H2,1H3,(H,12,13). The highest BCUT2D eigenvalue weighted by molar-refractivity contribution is 5.92. The van der Waals surface area contributed by atoms with Crippen molar-refractivity contribution in [1.82, 2.24) is 4.98 Å². The third-order valence-electron chi connectivity index (χ3n) is 1.76. The smallest absolute Gasteiger partial charge is 0.342 e. The average molecular weight is 233 g/mol. The van der Waals surface area contributed by atoms with Gasteiger partial charge in [0.05, 0.1) is 6.61 Å². The lowest BCUT2D eigenvalue weighted by Gasteiger charge is -2.07. The molecule has 0 aromatic carbocycles. The average Bonchev–Trinajstić information content (AvgIpc) is 2.20. The lowest BCUT2D eigenvalue weighted by atomic mass is 10.2. The quantitative estimate of drug-likeness (QED) is 0.768. The van der Waals surface area contributed by atoms with Gasteiger partial charge in [0.2, 0.25) is 5.56 Å². The topological polar surface area (TPSA) is 79.4 Å². The van der Waals surface area contributed by atoms with Crippen LogP contribution in [0.4, 0.5) is 8.78 Å². The number of hydrogen-bond donors (Lipinski definition) is 2. The summed E-state index contributed by atoms with van der Waals surface area (Å²) < 4.78 is 29.2. The van der Waals surface area contributed by atoms with Crippen LogP contribution in [-0.4, -0.2) is 22.7 Å². The van der Waals surface area contributed by atoms with Crippen LogP contribution in [0, 0.1) is 0 Å². The lowest BCUT2D eigenvalue weighted by molar-refractivity contribution is 0.0521. The maximum absolute atomic E-state index is 12.4. The number of esters is 1. The van der Waals surface area contributed by atoms with Crippen molar-refractivity contribution >= 4 is 5.97 Å². The number of ether oxygens (including phenoxy) is 1. The van der Waals surface area contributed by atoms with Crippen LogP contribution in [0.1, 0.15) is 29.4 Å². The minimum Gasteiger partial charge on any atom is -0.505 e. The number of carbonyl (C=O) groups is 1. The summed E-state index contributed by atoms with van der Waals surface area (Å²) in [5.74, 6) is -1.99. The largest absolute Gasteiger partial charge is 0.505 e. The van der Waals surface area contributed by atoms with E-state index in [0.29, 0.717) is 6.07 Å². The Morgan fingerprint density at radius 1 is 1.62 bits per heavy atom. The molecule has 1 heterocycles. The van der Waals surface area contributed by atoms with Gasteiger partial charge in [0.25, 0.3) is 6.43 Å². The Kier molecular flexibility index (Phi) is 3.60. The summed E-state index contributed by atoms with van der Waals surface area (Å²) in [6, 6.07) is 0.708. The summed E-state index contributed by atoms with van der Waals surface area (Å²) in [6.45, 7) is 1.52. The van der Waals surface area contributed by atoms with Gasteiger partial charge in [-0.3, -0.25) is 4.79 Å². The second-order valence-electron chi connectivity index (χ2n) is 2.83. The van der Waals surface area contributed by atoms with Crippen molar-refractivity contribution in [1.29, 1.82) is 0 Å². The van der Waals surface area contributed by atoms with E-state index in [2.05, 4.69) is 4.74 Å². The molecule has 0 amide bonds. The number of H-pyrrole nitrogens is 1. The molecular formula is C9H9F2NO4. The van der Waals surface area contributed by atoms with Crippen molar-refractivity contribution in [2.45, 2.75) is 13.3 Å². The number of nitrogens with one attached hydrogen (secondary N) is 1. The van der Waals surface area contributed by atoms with Gasteiger partial charge in [-0.2, -0.15) is 0 Å². The highest BCUT2D eigenvalue weighted by Gasteiger charge is 2.22. The molecule has 1 aromatic rings. The molecular weight excluding hydrogens is 224 g/mol. The lowest BCUT2D eigenvalue weighted by Crippen LogP contribution is -2.15. The third kappa shape index (κ3) is 2.36. The Bertz CT molecular complexity index is 455. The first kappa shape index (κ1) is 12.2. The summed E-state index contributed by atoms with van der Waals surface area (Å²) in [4.78, 5) is 23.9. The zero-order chi connectivity index (χ0) is 12.3. The van der Waals surface area contributed by atoms with Crippen LogP contribution in [0.15, 0.2) is 10.9 Å². The molecule has 16 heavy (non-hydrogen) atoms. The fourth-order valence-electron chi connectivity index (χ4n) is 1.09. The van der Waals surface area contributed by atoms with Crippen molar-refractivity contribution in [3.05, 3.63) is 27.7 Å². The predicted molar refractivity (Wildman–Crippen MR) is 49.6 cm³/mol. The van der Waals surface area contributed by atoms with E-state index in [1.807, 2.05) is 0 Å². The van der Waals surface area contributed by atoms with Crippen LogP contribution in [0.25, 0.3) is 0 Å². The van der Waals surface area contributed by atoms with E-state index in [4.69, 9.17) is 0 Å². The molecule has 1 aromatic heterocycles. The monoisotopic (exact) mass is 233 g/mol. The van der Waals surface area contributed by atoms with E-state index < -0.39 is 35.0 Å². The van der Waals surface area contributed by atoms with Gasteiger partial charge in [-0.15, -0.1) is 0 Å². The van der Waals surface area contributed by atoms with E-state index in [-0.39, 0.29) is 6.61 Å².